The standard InChI is InChI=1S/C10H18N2O/c1-7(2)6-13-10-9(8(3)4)5-11-12-10/h5,7-8H,6H2,1-4H3,(H,11,12). The Morgan fingerprint density at radius 3 is 2.62 bits per heavy atom. The summed E-state index contributed by atoms with van der Waals surface area (Å²) >= 11 is 0. The Balaban J connectivity index is 2.60. The van der Waals surface area contributed by atoms with Crippen LogP contribution in [0.2, 0.25) is 0 Å². The summed E-state index contributed by atoms with van der Waals surface area (Å²) in [6.07, 6.45) is 1.83. The van der Waals surface area contributed by atoms with Gasteiger partial charge in [-0.2, -0.15) is 5.10 Å². The van der Waals surface area contributed by atoms with Gasteiger partial charge in [-0.25, -0.2) is 5.10 Å². The second-order valence-electron chi connectivity index (χ2n) is 4.01. The first-order valence-electron chi connectivity index (χ1n) is 4.77. The minimum atomic E-state index is 0.459. The third kappa shape index (κ3) is 2.76. The van der Waals surface area contributed by atoms with Gasteiger partial charge in [-0.05, 0) is 11.8 Å². The molecule has 1 rings (SSSR count). The summed E-state index contributed by atoms with van der Waals surface area (Å²) in [5, 5.41) is 6.84. The average molecular weight is 182 g/mol. The second kappa shape index (κ2) is 4.30. The lowest BCUT2D eigenvalue weighted by Gasteiger charge is -2.09. The summed E-state index contributed by atoms with van der Waals surface area (Å²) in [5.41, 5.74) is 1.15. The molecule has 1 N–H and O–H groups in total. The van der Waals surface area contributed by atoms with E-state index in [9.17, 15) is 0 Å². The monoisotopic (exact) mass is 182 g/mol. The van der Waals surface area contributed by atoms with E-state index >= 15 is 0 Å². The van der Waals surface area contributed by atoms with Crippen LogP contribution in [0.25, 0.3) is 0 Å². The van der Waals surface area contributed by atoms with Gasteiger partial charge in [0.1, 0.15) is 0 Å². The fraction of sp³-hybridized carbons (Fsp3) is 0.700. The lowest BCUT2D eigenvalue weighted by Crippen LogP contribution is -2.06. The number of ether oxygens (including phenoxy) is 1. The molecule has 3 nitrogen and oxygen atoms in total. The van der Waals surface area contributed by atoms with Gasteiger partial charge in [0, 0.05) is 5.56 Å². The van der Waals surface area contributed by atoms with Crippen molar-refractivity contribution in [3.63, 3.8) is 0 Å². The molecule has 0 aromatic carbocycles. The molecule has 0 atom stereocenters. The van der Waals surface area contributed by atoms with Gasteiger partial charge in [-0.3, -0.25) is 0 Å². The first-order chi connectivity index (χ1) is 6.11. The minimum Gasteiger partial charge on any atom is -0.477 e. The van der Waals surface area contributed by atoms with Crippen molar-refractivity contribution in [2.24, 2.45) is 5.92 Å². The van der Waals surface area contributed by atoms with Crippen molar-refractivity contribution in [3.8, 4) is 5.88 Å². The Hall–Kier alpha value is -0.990. The number of hydrogen-bond acceptors (Lipinski definition) is 2. The van der Waals surface area contributed by atoms with E-state index in [2.05, 4.69) is 37.9 Å². The van der Waals surface area contributed by atoms with E-state index in [1.807, 2.05) is 6.20 Å². The molecule has 1 aromatic rings. The van der Waals surface area contributed by atoms with Crippen molar-refractivity contribution in [1.82, 2.24) is 10.2 Å². The maximum atomic E-state index is 5.58. The Morgan fingerprint density at radius 1 is 1.38 bits per heavy atom. The van der Waals surface area contributed by atoms with Gasteiger partial charge in [0.25, 0.3) is 0 Å². The molecular formula is C10H18N2O. The number of hydrogen-bond donors (Lipinski definition) is 1. The number of nitrogens with zero attached hydrogens (tertiary/aromatic N) is 1. The average Bonchev–Trinajstić information content (AvgIpc) is 2.47. The molecule has 0 aliphatic rings. The van der Waals surface area contributed by atoms with Crippen molar-refractivity contribution in [3.05, 3.63) is 11.8 Å². The quantitative estimate of drug-likeness (QED) is 0.777. The van der Waals surface area contributed by atoms with Gasteiger partial charge in [0.2, 0.25) is 5.88 Å². The largest absolute Gasteiger partial charge is 0.477 e. The van der Waals surface area contributed by atoms with Crippen LogP contribution in [0.5, 0.6) is 5.88 Å². The Morgan fingerprint density at radius 2 is 2.08 bits per heavy atom. The molecule has 0 spiro atoms. The highest BCUT2D eigenvalue weighted by molar-refractivity contribution is 5.25. The van der Waals surface area contributed by atoms with Crippen LogP contribution in [0.15, 0.2) is 6.20 Å². The Labute approximate surface area is 79.5 Å². The SMILES string of the molecule is CC(C)COc1[nH]ncc1C(C)C. The van der Waals surface area contributed by atoms with Gasteiger partial charge in [-0.15, -0.1) is 0 Å². The van der Waals surface area contributed by atoms with Gasteiger partial charge in [0.05, 0.1) is 12.8 Å². The maximum Gasteiger partial charge on any atom is 0.212 e. The normalized spacial score (nSPS) is 11.2. The number of aromatic amines is 1. The zero-order valence-corrected chi connectivity index (χ0v) is 8.79. The zero-order chi connectivity index (χ0) is 9.84. The summed E-state index contributed by atoms with van der Waals surface area (Å²) in [5.74, 6) is 1.83. The molecule has 0 radical (unpaired) electrons. The van der Waals surface area contributed by atoms with E-state index in [1.54, 1.807) is 0 Å². The third-order valence-electron chi connectivity index (χ3n) is 1.81. The summed E-state index contributed by atoms with van der Waals surface area (Å²) in [6.45, 7) is 9.26. The van der Waals surface area contributed by atoms with E-state index in [1.165, 1.54) is 0 Å². The third-order valence-corrected chi connectivity index (χ3v) is 1.81. The van der Waals surface area contributed by atoms with Crippen LogP contribution in [-0.4, -0.2) is 16.8 Å². The lowest BCUT2D eigenvalue weighted by molar-refractivity contribution is 0.258. The molecule has 0 amide bonds. The Kier molecular flexibility index (Phi) is 3.34. The molecule has 0 aliphatic heterocycles. The predicted octanol–water partition coefficient (Wildman–Crippen LogP) is 2.57. The Bertz CT molecular complexity index is 253. The molecular weight excluding hydrogens is 164 g/mol. The summed E-state index contributed by atoms with van der Waals surface area (Å²) in [4.78, 5) is 0. The van der Waals surface area contributed by atoms with Gasteiger partial charge >= 0.3 is 0 Å². The number of aromatic nitrogens is 2. The number of nitrogens with one attached hydrogen (secondary N) is 1. The highest BCUT2D eigenvalue weighted by Crippen LogP contribution is 2.23. The molecule has 0 saturated heterocycles. The summed E-state index contributed by atoms with van der Waals surface area (Å²) < 4.78 is 5.58. The summed E-state index contributed by atoms with van der Waals surface area (Å²) in [7, 11) is 0. The highest BCUT2D eigenvalue weighted by atomic mass is 16.5. The van der Waals surface area contributed by atoms with E-state index < -0.39 is 0 Å². The van der Waals surface area contributed by atoms with Gasteiger partial charge in [-0.1, -0.05) is 27.7 Å². The molecule has 0 saturated carbocycles. The van der Waals surface area contributed by atoms with Crippen molar-refractivity contribution in [2.45, 2.75) is 33.6 Å². The van der Waals surface area contributed by atoms with Crippen molar-refractivity contribution in [2.75, 3.05) is 6.61 Å². The molecule has 1 aromatic heterocycles. The summed E-state index contributed by atoms with van der Waals surface area (Å²) in [6, 6.07) is 0. The first kappa shape index (κ1) is 10.1. The van der Waals surface area contributed by atoms with E-state index in [0.29, 0.717) is 11.8 Å². The molecule has 0 fully saturated rings. The zero-order valence-electron chi connectivity index (χ0n) is 8.79. The van der Waals surface area contributed by atoms with Crippen molar-refractivity contribution in [1.29, 1.82) is 0 Å². The molecule has 1 heterocycles. The second-order valence-corrected chi connectivity index (χ2v) is 4.01. The highest BCUT2D eigenvalue weighted by Gasteiger charge is 2.09. The van der Waals surface area contributed by atoms with E-state index in [0.717, 1.165) is 18.1 Å². The van der Waals surface area contributed by atoms with E-state index in [4.69, 9.17) is 4.74 Å². The van der Waals surface area contributed by atoms with E-state index in [-0.39, 0.29) is 0 Å². The fourth-order valence-electron chi connectivity index (χ4n) is 1.06. The number of H-pyrrole nitrogens is 1. The van der Waals surface area contributed by atoms with Crippen LogP contribution in [0.1, 0.15) is 39.2 Å². The van der Waals surface area contributed by atoms with Crippen LogP contribution >= 0.6 is 0 Å². The topological polar surface area (TPSA) is 37.9 Å². The fourth-order valence-corrected chi connectivity index (χ4v) is 1.06. The molecule has 0 aliphatic carbocycles. The molecule has 74 valence electrons. The smallest absolute Gasteiger partial charge is 0.212 e. The predicted molar refractivity (Wildman–Crippen MR) is 53.0 cm³/mol. The molecule has 0 bridgehead atoms. The minimum absolute atomic E-state index is 0.459. The molecule has 0 unspecified atom stereocenters. The van der Waals surface area contributed by atoms with Gasteiger partial charge in [0.15, 0.2) is 0 Å². The van der Waals surface area contributed by atoms with Crippen molar-refractivity contribution >= 4 is 0 Å². The van der Waals surface area contributed by atoms with Crippen molar-refractivity contribution < 1.29 is 4.74 Å². The van der Waals surface area contributed by atoms with Crippen LogP contribution in [-0.2, 0) is 0 Å². The number of rotatable bonds is 4. The first-order valence-corrected chi connectivity index (χ1v) is 4.77. The molecule has 13 heavy (non-hydrogen) atoms. The van der Waals surface area contributed by atoms with Crippen LogP contribution in [0, 0.1) is 5.92 Å². The lowest BCUT2D eigenvalue weighted by atomic mass is 10.1. The maximum absolute atomic E-state index is 5.58. The van der Waals surface area contributed by atoms with Crippen LogP contribution in [0.3, 0.4) is 0 Å². The molecule has 3 heteroatoms. The van der Waals surface area contributed by atoms with Crippen LogP contribution < -0.4 is 4.74 Å². The van der Waals surface area contributed by atoms with Gasteiger partial charge < -0.3 is 4.74 Å². The van der Waals surface area contributed by atoms with Crippen LogP contribution in [0.4, 0.5) is 0 Å².